The van der Waals surface area contributed by atoms with E-state index in [2.05, 4.69) is 20.6 Å². The van der Waals surface area contributed by atoms with Crippen molar-refractivity contribution in [2.75, 3.05) is 17.6 Å². The van der Waals surface area contributed by atoms with Gasteiger partial charge in [-0.25, -0.2) is 19.2 Å². The molecule has 0 bridgehead atoms. The van der Waals surface area contributed by atoms with Gasteiger partial charge in [0.05, 0.1) is 0 Å². The fraction of sp³-hybridized carbons (Fsp3) is 0.121. The highest BCUT2D eigenvalue weighted by Gasteiger charge is 2.27. The van der Waals surface area contributed by atoms with Crippen molar-refractivity contribution in [2.24, 2.45) is 0 Å². The van der Waals surface area contributed by atoms with Crippen LogP contribution in [0.3, 0.4) is 0 Å². The van der Waals surface area contributed by atoms with Crippen LogP contribution in [0.1, 0.15) is 50.2 Å². The van der Waals surface area contributed by atoms with Gasteiger partial charge in [-0.05, 0) is 95.2 Å². The van der Waals surface area contributed by atoms with Gasteiger partial charge in [-0.1, -0.05) is 6.92 Å². The highest BCUT2D eigenvalue weighted by atomic mass is 19.1. The number of hydrogen-bond donors (Lipinski definition) is 4. The molecule has 5 N–H and O–H groups in total. The van der Waals surface area contributed by atoms with Gasteiger partial charge < -0.3 is 26.2 Å². The first kappa shape index (κ1) is 28.3. The van der Waals surface area contributed by atoms with Crippen LogP contribution in [0.5, 0.6) is 5.75 Å². The number of rotatable bonds is 7. The molecule has 0 spiro atoms. The average molecular weight is 592 g/mol. The Balaban J connectivity index is 1.50. The number of benzene rings is 3. The molecule has 2 aromatic heterocycles. The first-order valence-electron chi connectivity index (χ1n) is 13.8. The summed E-state index contributed by atoms with van der Waals surface area (Å²) in [6.07, 6.45) is 2.26. The van der Waals surface area contributed by atoms with Crippen molar-refractivity contribution < 1.29 is 28.6 Å². The lowest BCUT2D eigenvalue weighted by Gasteiger charge is -2.23. The van der Waals surface area contributed by atoms with Crippen LogP contribution in [0.25, 0.3) is 33.0 Å². The molecule has 0 aliphatic carbocycles. The molecule has 0 atom stereocenters. The third-order valence-corrected chi connectivity index (χ3v) is 7.31. The highest BCUT2D eigenvalue weighted by molar-refractivity contribution is 6.12. The Hall–Kier alpha value is -5.84. The molecule has 1 aliphatic rings. The van der Waals surface area contributed by atoms with Crippen LogP contribution in [-0.2, 0) is 6.61 Å². The molecule has 0 radical (unpaired) electrons. The SMILES string of the molecule is CCCNC(=O)c1ccc(-c2cc3c(cc2C(=O)Nc2ccc4c(N)nccc4c2)-c2cc(F)ccc2OC3)c(C(=O)O)n1. The largest absolute Gasteiger partial charge is 0.488 e. The monoisotopic (exact) mass is 591 g/mol. The van der Waals surface area contributed by atoms with Crippen LogP contribution in [0.4, 0.5) is 15.9 Å². The number of carbonyl (C=O) groups excluding carboxylic acids is 2. The van der Waals surface area contributed by atoms with Crippen molar-refractivity contribution in [2.45, 2.75) is 20.0 Å². The predicted molar refractivity (Wildman–Crippen MR) is 163 cm³/mol. The summed E-state index contributed by atoms with van der Waals surface area (Å²) in [5.41, 5.74) is 8.10. The van der Waals surface area contributed by atoms with E-state index < -0.39 is 29.3 Å². The standard InChI is InChI=1S/C33H26FN5O5/c1-2-10-37-32(41)27-7-6-22(29(39-27)33(42)43)24-13-18-16-44-28-8-3-19(34)14-25(28)23(18)15-26(24)31(40)38-20-4-5-21-17(12-20)9-11-36-30(21)35/h3-9,11-15H,2,10,16H2,1H3,(H2,35,36)(H,37,41)(H,38,40)(H,42,43). The number of anilines is 2. The number of nitrogen functional groups attached to an aromatic ring is 1. The summed E-state index contributed by atoms with van der Waals surface area (Å²) in [5, 5.41) is 17.2. The summed E-state index contributed by atoms with van der Waals surface area (Å²) in [6, 6.07) is 17.2. The Kier molecular flexibility index (Phi) is 7.36. The van der Waals surface area contributed by atoms with Crippen molar-refractivity contribution in [3.8, 4) is 28.0 Å². The summed E-state index contributed by atoms with van der Waals surface area (Å²) in [5.74, 6) is -2.11. The number of nitrogens with one attached hydrogen (secondary N) is 2. The van der Waals surface area contributed by atoms with Crippen molar-refractivity contribution in [1.82, 2.24) is 15.3 Å². The molecule has 2 amide bonds. The van der Waals surface area contributed by atoms with E-state index in [0.717, 1.165) is 10.8 Å². The number of hydrogen-bond acceptors (Lipinski definition) is 7. The number of carboxylic acids is 1. The van der Waals surface area contributed by atoms with Crippen molar-refractivity contribution in [1.29, 1.82) is 0 Å². The second-order valence-corrected chi connectivity index (χ2v) is 10.2. The van der Waals surface area contributed by atoms with Crippen molar-refractivity contribution in [3.63, 3.8) is 0 Å². The Morgan fingerprint density at radius 3 is 2.59 bits per heavy atom. The zero-order valence-electron chi connectivity index (χ0n) is 23.5. The van der Waals surface area contributed by atoms with Gasteiger partial charge in [0.2, 0.25) is 0 Å². The second kappa shape index (κ2) is 11.4. The van der Waals surface area contributed by atoms with Gasteiger partial charge in [0, 0.05) is 40.5 Å². The summed E-state index contributed by atoms with van der Waals surface area (Å²) in [7, 11) is 0. The third kappa shape index (κ3) is 5.26. The number of halogens is 1. The Morgan fingerprint density at radius 2 is 1.80 bits per heavy atom. The summed E-state index contributed by atoms with van der Waals surface area (Å²) >= 11 is 0. The minimum Gasteiger partial charge on any atom is -0.488 e. The predicted octanol–water partition coefficient (Wildman–Crippen LogP) is 5.67. The lowest BCUT2D eigenvalue weighted by Crippen LogP contribution is -2.25. The molecular formula is C33H26FN5O5. The molecule has 5 aromatic rings. The summed E-state index contributed by atoms with van der Waals surface area (Å²) in [6.45, 7) is 2.40. The Bertz CT molecular complexity index is 1990. The van der Waals surface area contributed by atoms with Gasteiger partial charge in [0.25, 0.3) is 11.8 Å². The fourth-order valence-corrected chi connectivity index (χ4v) is 5.19. The molecule has 0 fully saturated rings. The van der Waals surface area contributed by atoms with Gasteiger partial charge >= 0.3 is 5.97 Å². The van der Waals surface area contributed by atoms with E-state index in [0.29, 0.717) is 46.9 Å². The number of pyridine rings is 2. The van der Waals surface area contributed by atoms with Gasteiger partial charge in [0.15, 0.2) is 5.69 Å². The minimum atomic E-state index is -1.38. The molecule has 11 heteroatoms. The number of amides is 2. The first-order valence-corrected chi connectivity index (χ1v) is 13.8. The molecule has 220 valence electrons. The topological polar surface area (TPSA) is 157 Å². The van der Waals surface area contributed by atoms with Gasteiger partial charge in [-0.15, -0.1) is 0 Å². The molecule has 0 saturated heterocycles. The molecular weight excluding hydrogens is 565 g/mol. The highest BCUT2D eigenvalue weighted by Crippen LogP contribution is 2.42. The van der Waals surface area contributed by atoms with E-state index in [9.17, 15) is 23.9 Å². The molecule has 44 heavy (non-hydrogen) atoms. The summed E-state index contributed by atoms with van der Waals surface area (Å²) in [4.78, 5) is 47.2. The maximum atomic E-state index is 14.3. The van der Waals surface area contributed by atoms with E-state index in [1.165, 1.54) is 30.3 Å². The lowest BCUT2D eigenvalue weighted by atomic mass is 9.88. The maximum absolute atomic E-state index is 14.3. The molecule has 1 aliphatic heterocycles. The van der Waals surface area contributed by atoms with Gasteiger partial charge in [-0.3, -0.25) is 9.59 Å². The van der Waals surface area contributed by atoms with Crippen LogP contribution in [0.15, 0.2) is 72.9 Å². The van der Waals surface area contributed by atoms with E-state index >= 15 is 0 Å². The number of carboxylic acid groups (broad SMARTS) is 1. The number of nitrogens with zero attached hydrogens (tertiary/aromatic N) is 2. The van der Waals surface area contributed by atoms with Crippen molar-refractivity contribution >= 4 is 40.1 Å². The van der Waals surface area contributed by atoms with E-state index in [1.807, 2.05) is 6.92 Å². The number of aromatic carboxylic acids is 1. The van der Waals surface area contributed by atoms with Crippen LogP contribution in [0, 0.1) is 5.82 Å². The number of ether oxygens (including phenoxy) is 1. The Morgan fingerprint density at radius 1 is 0.955 bits per heavy atom. The van der Waals surface area contributed by atoms with Crippen molar-refractivity contribution in [3.05, 3.63) is 101 Å². The normalized spacial score (nSPS) is 11.7. The third-order valence-electron chi connectivity index (χ3n) is 7.31. The Labute approximate surface area is 250 Å². The number of aromatic nitrogens is 2. The average Bonchev–Trinajstić information content (AvgIpc) is 3.02. The molecule has 3 heterocycles. The lowest BCUT2D eigenvalue weighted by molar-refractivity contribution is 0.0691. The quantitative estimate of drug-likeness (QED) is 0.189. The number of fused-ring (bicyclic) bond motifs is 4. The van der Waals surface area contributed by atoms with Crippen LogP contribution >= 0.6 is 0 Å². The molecule has 0 saturated carbocycles. The molecule has 0 unspecified atom stereocenters. The van der Waals surface area contributed by atoms with E-state index in [-0.39, 0.29) is 29.0 Å². The van der Waals surface area contributed by atoms with Crippen LogP contribution in [-0.4, -0.2) is 39.4 Å². The van der Waals surface area contributed by atoms with Crippen LogP contribution < -0.4 is 21.1 Å². The van der Waals surface area contributed by atoms with E-state index in [4.69, 9.17) is 10.5 Å². The smallest absolute Gasteiger partial charge is 0.355 e. The zero-order valence-corrected chi connectivity index (χ0v) is 23.5. The number of carbonyl (C=O) groups is 3. The van der Waals surface area contributed by atoms with Gasteiger partial charge in [-0.2, -0.15) is 0 Å². The van der Waals surface area contributed by atoms with Crippen LogP contribution in [0.2, 0.25) is 0 Å². The fourth-order valence-electron chi connectivity index (χ4n) is 5.19. The van der Waals surface area contributed by atoms with E-state index in [1.54, 1.807) is 42.6 Å². The number of nitrogens with two attached hydrogens (primary N) is 1. The van der Waals surface area contributed by atoms with Gasteiger partial charge in [0.1, 0.15) is 29.7 Å². The first-order chi connectivity index (χ1) is 21.2. The molecule has 10 nitrogen and oxygen atoms in total. The maximum Gasteiger partial charge on any atom is 0.355 e. The summed E-state index contributed by atoms with van der Waals surface area (Å²) < 4.78 is 20.1. The zero-order chi connectivity index (χ0) is 31.0. The molecule has 3 aromatic carbocycles. The minimum absolute atomic E-state index is 0.0683. The molecule has 6 rings (SSSR count). The second-order valence-electron chi connectivity index (χ2n) is 10.2.